The summed E-state index contributed by atoms with van der Waals surface area (Å²) in [6.45, 7) is 6.16. The van der Waals surface area contributed by atoms with Crippen molar-refractivity contribution in [3.05, 3.63) is 53.5 Å². The van der Waals surface area contributed by atoms with Gasteiger partial charge in [-0.1, -0.05) is 32.9 Å². The molecule has 2 heterocycles. The van der Waals surface area contributed by atoms with Gasteiger partial charge in [-0.2, -0.15) is 27.8 Å². The Labute approximate surface area is 160 Å². The molecule has 0 saturated carbocycles. The molecule has 0 aliphatic rings. The Balaban J connectivity index is 2.06. The van der Waals surface area contributed by atoms with Gasteiger partial charge in [0.1, 0.15) is 12.1 Å². The smallest absolute Gasteiger partial charge is 0.378 e. The summed E-state index contributed by atoms with van der Waals surface area (Å²) in [5.74, 6) is 0.959. The van der Waals surface area contributed by atoms with Gasteiger partial charge < -0.3 is 10.1 Å². The lowest BCUT2D eigenvalue weighted by Gasteiger charge is -2.33. The molecule has 1 unspecified atom stereocenters. The Hall–Kier alpha value is -2.68. The van der Waals surface area contributed by atoms with Crippen LogP contribution in [0.1, 0.15) is 43.6 Å². The fourth-order valence-electron chi connectivity index (χ4n) is 3.03. The second-order valence-electron chi connectivity index (χ2n) is 7.60. The van der Waals surface area contributed by atoms with Gasteiger partial charge in [0.15, 0.2) is 0 Å². The summed E-state index contributed by atoms with van der Waals surface area (Å²) in [5, 5.41) is 7.50. The van der Waals surface area contributed by atoms with Crippen LogP contribution < -0.4 is 5.32 Å². The van der Waals surface area contributed by atoms with Crippen molar-refractivity contribution in [2.45, 2.75) is 39.6 Å². The quantitative estimate of drug-likeness (QED) is 0.692. The van der Waals surface area contributed by atoms with E-state index in [0.717, 1.165) is 6.07 Å². The van der Waals surface area contributed by atoms with Gasteiger partial charge in [0, 0.05) is 13.2 Å². The van der Waals surface area contributed by atoms with Crippen molar-refractivity contribution in [2.24, 2.45) is 5.41 Å². The molecular weight excluding hydrogens is 371 g/mol. The van der Waals surface area contributed by atoms with Crippen molar-refractivity contribution in [2.75, 3.05) is 12.4 Å². The van der Waals surface area contributed by atoms with Gasteiger partial charge >= 0.3 is 6.18 Å². The minimum atomic E-state index is -4.40. The molecule has 0 bridgehead atoms. The molecule has 0 fully saturated rings. The predicted octanol–water partition coefficient (Wildman–Crippen LogP) is 4.49. The van der Waals surface area contributed by atoms with E-state index < -0.39 is 17.8 Å². The van der Waals surface area contributed by atoms with E-state index in [1.165, 1.54) is 23.0 Å². The van der Waals surface area contributed by atoms with Gasteiger partial charge in [-0.05, 0) is 23.1 Å². The molecule has 3 rings (SSSR count). The first-order valence-electron chi connectivity index (χ1n) is 8.72. The predicted molar refractivity (Wildman–Crippen MR) is 98.8 cm³/mol. The summed E-state index contributed by atoms with van der Waals surface area (Å²) in [6, 6.07) is 6.71. The first kappa shape index (κ1) is 20.1. The van der Waals surface area contributed by atoms with Gasteiger partial charge in [0.2, 0.25) is 0 Å². The fourth-order valence-corrected chi connectivity index (χ4v) is 3.03. The van der Waals surface area contributed by atoms with Crippen LogP contribution in [0.3, 0.4) is 0 Å². The third-order valence-corrected chi connectivity index (χ3v) is 4.30. The molecule has 150 valence electrons. The maximum absolute atomic E-state index is 13.2. The molecule has 1 atom stereocenters. The molecule has 0 spiro atoms. The number of alkyl halides is 3. The van der Waals surface area contributed by atoms with Crippen molar-refractivity contribution >= 4 is 11.6 Å². The Kier molecular flexibility index (Phi) is 5.29. The third kappa shape index (κ3) is 4.24. The maximum atomic E-state index is 13.2. The molecule has 28 heavy (non-hydrogen) atoms. The Morgan fingerprint density at radius 1 is 1.18 bits per heavy atom. The number of hydrogen-bond donors (Lipinski definition) is 1. The van der Waals surface area contributed by atoms with Crippen LogP contribution in [0.15, 0.2) is 36.7 Å². The number of aromatic nitrogens is 4. The van der Waals surface area contributed by atoms with E-state index in [9.17, 15) is 13.2 Å². The molecule has 0 aliphatic heterocycles. The van der Waals surface area contributed by atoms with Crippen LogP contribution in [-0.4, -0.2) is 26.7 Å². The standard InChI is InChI=1S/C19H22F3N5O/c1-18(2,3)16(12-6-5-7-13(8-12)19(20,21)22)26-15-9-14(10-28-4)25-17-23-11-24-27(15)17/h5-9,11,16,26H,10H2,1-4H3. The van der Waals surface area contributed by atoms with E-state index in [-0.39, 0.29) is 12.0 Å². The van der Waals surface area contributed by atoms with E-state index in [0.29, 0.717) is 22.9 Å². The highest BCUT2D eigenvalue weighted by molar-refractivity contribution is 5.47. The number of halogens is 3. The van der Waals surface area contributed by atoms with E-state index >= 15 is 0 Å². The van der Waals surface area contributed by atoms with Gasteiger partial charge in [-0.3, -0.25) is 0 Å². The second kappa shape index (κ2) is 7.38. The zero-order valence-electron chi connectivity index (χ0n) is 16.1. The van der Waals surface area contributed by atoms with Crippen molar-refractivity contribution in [1.82, 2.24) is 19.6 Å². The maximum Gasteiger partial charge on any atom is 0.416 e. The van der Waals surface area contributed by atoms with E-state index in [4.69, 9.17) is 4.74 Å². The third-order valence-electron chi connectivity index (χ3n) is 4.30. The van der Waals surface area contributed by atoms with E-state index in [1.807, 2.05) is 20.8 Å². The number of anilines is 1. The number of methoxy groups -OCH3 is 1. The first-order valence-corrected chi connectivity index (χ1v) is 8.72. The Morgan fingerprint density at radius 2 is 1.93 bits per heavy atom. The molecular formula is C19H22F3N5O. The molecule has 0 amide bonds. The summed E-state index contributed by atoms with van der Waals surface area (Å²) < 4.78 is 46.2. The summed E-state index contributed by atoms with van der Waals surface area (Å²) in [7, 11) is 1.56. The van der Waals surface area contributed by atoms with Crippen molar-refractivity contribution in [3.8, 4) is 0 Å². The lowest BCUT2D eigenvalue weighted by atomic mass is 9.82. The normalized spacial score (nSPS) is 13.7. The number of hydrogen-bond acceptors (Lipinski definition) is 5. The van der Waals surface area contributed by atoms with Crippen LogP contribution in [0.2, 0.25) is 0 Å². The van der Waals surface area contributed by atoms with Gasteiger partial charge in [0.05, 0.1) is 23.9 Å². The summed E-state index contributed by atoms with van der Waals surface area (Å²) in [5.41, 5.74) is 0.103. The minimum absolute atomic E-state index is 0.280. The highest BCUT2D eigenvalue weighted by Crippen LogP contribution is 2.38. The van der Waals surface area contributed by atoms with Crippen molar-refractivity contribution < 1.29 is 17.9 Å². The number of nitrogens with one attached hydrogen (secondary N) is 1. The lowest BCUT2D eigenvalue weighted by molar-refractivity contribution is -0.137. The molecule has 0 saturated heterocycles. The molecule has 0 aliphatic carbocycles. The summed E-state index contributed by atoms with van der Waals surface area (Å²) in [4.78, 5) is 8.46. The van der Waals surface area contributed by atoms with Crippen LogP contribution in [-0.2, 0) is 17.5 Å². The van der Waals surface area contributed by atoms with Crippen molar-refractivity contribution in [3.63, 3.8) is 0 Å². The number of ether oxygens (including phenoxy) is 1. The fraction of sp³-hybridized carbons (Fsp3) is 0.421. The van der Waals surface area contributed by atoms with Crippen LogP contribution in [0.5, 0.6) is 0 Å². The molecule has 3 aromatic rings. The lowest BCUT2D eigenvalue weighted by Crippen LogP contribution is -2.27. The van der Waals surface area contributed by atoms with Crippen LogP contribution in [0, 0.1) is 5.41 Å². The Bertz CT molecular complexity index is 962. The van der Waals surface area contributed by atoms with Gasteiger partial charge in [-0.15, -0.1) is 0 Å². The number of fused-ring (bicyclic) bond motifs is 1. The van der Waals surface area contributed by atoms with Crippen LogP contribution in [0.4, 0.5) is 19.0 Å². The highest BCUT2D eigenvalue weighted by Gasteiger charge is 2.33. The minimum Gasteiger partial charge on any atom is -0.378 e. The SMILES string of the molecule is COCc1cc(NC(c2cccc(C(F)(F)F)c2)C(C)(C)C)n2ncnc2n1. The number of rotatable bonds is 5. The Morgan fingerprint density at radius 3 is 2.57 bits per heavy atom. The molecule has 1 aromatic carbocycles. The molecule has 2 aromatic heterocycles. The van der Waals surface area contributed by atoms with E-state index in [2.05, 4.69) is 20.4 Å². The largest absolute Gasteiger partial charge is 0.416 e. The zero-order chi connectivity index (χ0) is 20.5. The number of nitrogens with zero attached hydrogens (tertiary/aromatic N) is 4. The van der Waals surface area contributed by atoms with Crippen LogP contribution >= 0.6 is 0 Å². The monoisotopic (exact) mass is 393 g/mol. The average molecular weight is 393 g/mol. The number of benzene rings is 1. The molecule has 1 N–H and O–H groups in total. The highest BCUT2D eigenvalue weighted by atomic mass is 19.4. The van der Waals surface area contributed by atoms with Gasteiger partial charge in [-0.25, -0.2) is 4.98 Å². The van der Waals surface area contributed by atoms with Gasteiger partial charge in [0.25, 0.3) is 5.78 Å². The molecule has 6 nitrogen and oxygen atoms in total. The van der Waals surface area contributed by atoms with E-state index in [1.54, 1.807) is 19.2 Å². The van der Waals surface area contributed by atoms with Crippen LogP contribution in [0.25, 0.3) is 5.78 Å². The average Bonchev–Trinajstić information content (AvgIpc) is 3.07. The second-order valence-corrected chi connectivity index (χ2v) is 7.60. The molecule has 0 radical (unpaired) electrons. The summed E-state index contributed by atoms with van der Waals surface area (Å²) >= 11 is 0. The van der Waals surface area contributed by atoms with Crippen molar-refractivity contribution in [1.29, 1.82) is 0 Å². The molecule has 9 heteroatoms. The summed E-state index contributed by atoms with van der Waals surface area (Å²) in [6.07, 6.45) is -3.03. The zero-order valence-corrected chi connectivity index (χ0v) is 16.1. The first-order chi connectivity index (χ1) is 13.1. The topological polar surface area (TPSA) is 64.3 Å².